The van der Waals surface area contributed by atoms with Gasteiger partial charge in [0.1, 0.15) is 0 Å². The number of aliphatic carboxylic acids is 1. The molecule has 19 heavy (non-hydrogen) atoms. The zero-order valence-corrected chi connectivity index (χ0v) is 11.6. The average molecular weight is 266 g/mol. The third kappa shape index (κ3) is 1.62. The minimum absolute atomic E-state index is 0.0602. The summed E-state index contributed by atoms with van der Waals surface area (Å²) in [5.74, 6) is -0.507. The molecule has 0 spiro atoms. The lowest BCUT2D eigenvalue weighted by Crippen LogP contribution is -2.51. The second kappa shape index (κ2) is 3.53. The second-order valence-corrected chi connectivity index (χ2v) is 7.49. The van der Waals surface area contributed by atoms with Crippen molar-refractivity contribution in [3.63, 3.8) is 0 Å². The minimum atomic E-state index is -0.647. The Morgan fingerprint density at radius 2 is 1.84 bits per heavy atom. The monoisotopic (exact) mass is 266 g/mol. The van der Waals surface area contributed by atoms with Crippen molar-refractivity contribution in [3.05, 3.63) is 0 Å². The van der Waals surface area contributed by atoms with Gasteiger partial charge >= 0.3 is 5.97 Å². The molecule has 1 N–H and O–H groups in total. The van der Waals surface area contributed by atoms with Gasteiger partial charge in [0.2, 0.25) is 0 Å². The summed E-state index contributed by atoms with van der Waals surface area (Å²) in [4.78, 5) is 11.8. The number of rotatable bonds is 2. The van der Waals surface area contributed by atoms with Crippen molar-refractivity contribution in [3.8, 4) is 0 Å². The summed E-state index contributed by atoms with van der Waals surface area (Å²) in [5, 5.41) is 9.74. The van der Waals surface area contributed by atoms with Gasteiger partial charge < -0.3 is 14.6 Å². The highest BCUT2D eigenvalue weighted by atomic mass is 16.6. The Morgan fingerprint density at radius 3 is 2.53 bits per heavy atom. The molecule has 0 radical (unpaired) electrons. The average Bonchev–Trinajstić information content (AvgIpc) is 3.20. The highest BCUT2D eigenvalue weighted by Crippen LogP contribution is 2.62. The normalized spacial score (nSPS) is 58.9. The van der Waals surface area contributed by atoms with E-state index in [1.165, 1.54) is 0 Å². The van der Waals surface area contributed by atoms with Crippen molar-refractivity contribution >= 4 is 5.97 Å². The van der Waals surface area contributed by atoms with Crippen molar-refractivity contribution < 1.29 is 19.4 Å². The standard InChI is InChI=1S/C15H22O4/c1-14(5-3-8-10(7-14)18-8)12-11-9(19-11)4-6-15(12,2)13(16)17/h8-12H,3-7H2,1-2H3,(H,16,17). The van der Waals surface area contributed by atoms with Crippen LogP contribution in [0.3, 0.4) is 0 Å². The van der Waals surface area contributed by atoms with Crippen LogP contribution in [0.5, 0.6) is 0 Å². The molecule has 2 aliphatic carbocycles. The van der Waals surface area contributed by atoms with Crippen LogP contribution >= 0.6 is 0 Å². The predicted octanol–water partition coefficient (Wildman–Crippen LogP) is 2.21. The molecule has 0 aromatic rings. The third-order valence-corrected chi connectivity index (χ3v) is 6.18. The number of fused-ring (bicyclic) bond motifs is 2. The van der Waals surface area contributed by atoms with Gasteiger partial charge in [-0.15, -0.1) is 0 Å². The van der Waals surface area contributed by atoms with E-state index in [1.807, 2.05) is 6.92 Å². The van der Waals surface area contributed by atoms with E-state index in [-0.39, 0.29) is 17.4 Å². The number of carboxylic acid groups (broad SMARTS) is 1. The molecular formula is C15H22O4. The summed E-state index contributed by atoms with van der Waals surface area (Å²) >= 11 is 0. The molecule has 2 heterocycles. The van der Waals surface area contributed by atoms with Gasteiger partial charge in [0.25, 0.3) is 0 Å². The maximum atomic E-state index is 11.8. The summed E-state index contributed by atoms with van der Waals surface area (Å²) in [6.07, 6.45) is 6.18. The number of epoxide rings is 2. The maximum absolute atomic E-state index is 11.8. The van der Waals surface area contributed by atoms with Gasteiger partial charge in [0, 0.05) is 5.92 Å². The van der Waals surface area contributed by atoms with Crippen LogP contribution < -0.4 is 0 Å². The summed E-state index contributed by atoms with van der Waals surface area (Å²) in [7, 11) is 0. The molecule has 4 nitrogen and oxygen atoms in total. The molecule has 0 aromatic heterocycles. The summed E-state index contributed by atoms with van der Waals surface area (Å²) in [6.45, 7) is 4.20. The second-order valence-electron chi connectivity index (χ2n) is 7.49. The zero-order valence-electron chi connectivity index (χ0n) is 11.6. The first kappa shape index (κ1) is 12.2. The van der Waals surface area contributed by atoms with Crippen LogP contribution in [0.2, 0.25) is 0 Å². The molecule has 2 aliphatic heterocycles. The fourth-order valence-electron chi connectivity index (χ4n) is 4.98. The SMILES string of the molecule is CC1(C2C3OC3CCC2(C)C(=O)O)CCC2OC2C1. The first-order valence-electron chi connectivity index (χ1n) is 7.48. The lowest BCUT2D eigenvalue weighted by atomic mass is 9.53. The van der Waals surface area contributed by atoms with Crippen molar-refractivity contribution in [1.82, 2.24) is 0 Å². The van der Waals surface area contributed by atoms with E-state index < -0.39 is 11.4 Å². The summed E-state index contributed by atoms with van der Waals surface area (Å²) < 4.78 is 11.5. The smallest absolute Gasteiger partial charge is 0.309 e. The van der Waals surface area contributed by atoms with Crippen molar-refractivity contribution in [2.24, 2.45) is 16.7 Å². The molecule has 106 valence electrons. The van der Waals surface area contributed by atoms with Crippen LogP contribution in [0.1, 0.15) is 46.0 Å². The summed E-state index contributed by atoms with van der Waals surface area (Å²) in [5.41, 5.74) is -0.571. The largest absolute Gasteiger partial charge is 0.481 e. The molecule has 7 unspecified atom stereocenters. The van der Waals surface area contributed by atoms with Gasteiger partial charge in [-0.25, -0.2) is 0 Å². The number of carboxylic acids is 1. The molecule has 2 saturated heterocycles. The Labute approximate surface area is 113 Å². The Kier molecular flexibility index (Phi) is 2.26. The first-order chi connectivity index (χ1) is 8.94. The Balaban J connectivity index is 1.67. The molecule has 2 saturated carbocycles. The van der Waals surface area contributed by atoms with E-state index in [4.69, 9.17) is 9.47 Å². The van der Waals surface area contributed by atoms with E-state index in [0.717, 1.165) is 32.1 Å². The lowest BCUT2D eigenvalue weighted by Gasteiger charge is -2.48. The molecule has 0 bridgehead atoms. The highest BCUT2D eigenvalue weighted by Gasteiger charge is 2.66. The first-order valence-corrected chi connectivity index (χ1v) is 7.48. The van der Waals surface area contributed by atoms with Crippen LogP contribution in [-0.4, -0.2) is 35.5 Å². The Bertz CT molecular complexity index is 436. The van der Waals surface area contributed by atoms with E-state index in [0.29, 0.717) is 18.3 Å². The summed E-state index contributed by atoms with van der Waals surface area (Å²) in [6, 6.07) is 0. The van der Waals surface area contributed by atoms with Gasteiger partial charge in [0.05, 0.1) is 29.8 Å². The third-order valence-electron chi connectivity index (χ3n) is 6.18. The molecule has 4 heteroatoms. The molecular weight excluding hydrogens is 244 g/mol. The Hall–Kier alpha value is -0.610. The maximum Gasteiger partial charge on any atom is 0.309 e. The van der Waals surface area contributed by atoms with Crippen LogP contribution in [0.15, 0.2) is 0 Å². The molecule has 4 rings (SSSR count). The predicted molar refractivity (Wildman–Crippen MR) is 67.7 cm³/mol. The molecule has 0 aromatic carbocycles. The van der Waals surface area contributed by atoms with E-state index >= 15 is 0 Å². The van der Waals surface area contributed by atoms with Crippen LogP contribution in [0.4, 0.5) is 0 Å². The topological polar surface area (TPSA) is 62.4 Å². The fourth-order valence-corrected chi connectivity index (χ4v) is 4.98. The molecule has 7 atom stereocenters. The van der Waals surface area contributed by atoms with Crippen molar-refractivity contribution in [2.45, 2.75) is 70.4 Å². The van der Waals surface area contributed by atoms with Crippen LogP contribution in [-0.2, 0) is 14.3 Å². The molecule has 4 aliphatic rings. The van der Waals surface area contributed by atoms with E-state index in [9.17, 15) is 9.90 Å². The van der Waals surface area contributed by atoms with Crippen molar-refractivity contribution in [1.29, 1.82) is 0 Å². The van der Waals surface area contributed by atoms with Crippen LogP contribution in [0, 0.1) is 16.7 Å². The van der Waals surface area contributed by atoms with Gasteiger partial charge in [-0.05, 0) is 44.4 Å². The minimum Gasteiger partial charge on any atom is -0.481 e. The van der Waals surface area contributed by atoms with Gasteiger partial charge in [-0.2, -0.15) is 0 Å². The van der Waals surface area contributed by atoms with Crippen LogP contribution in [0.25, 0.3) is 0 Å². The molecule has 4 fully saturated rings. The van der Waals surface area contributed by atoms with Gasteiger partial charge in [-0.1, -0.05) is 6.92 Å². The lowest BCUT2D eigenvalue weighted by molar-refractivity contribution is -0.158. The van der Waals surface area contributed by atoms with Gasteiger partial charge in [0.15, 0.2) is 0 Å². The highest BCUT2D eigenvalue weighted by molar-refractivity contribution is 5.75. The zero-order chi connectivity index (χ0) is 13.4. The van der Waals surface area contributed by atoms with Gasteiger partial charge in [-0.3, -0.25) is 4.79 Å². The van der Waals surface area contributed by atoms with E-state index in [1.54, 1.807) is 0 Å². The quantitative estimate of drug-likeness (QED) is 0.778. The number of ether oxygens (including phenoxy) is 2. The Morgan fingerprint density at radius 1 is 1.11 bits per heavy atom. The van der Waals surface area contributed by atoms with E-state index in [2.05, 4.69) is 6.92 Å². The molecule has 0 amide bonds. The fraction of sp³-hybridized carbons (Fsp3) is 0.933. The number of hydrogen-bond donors (Lipinski definition) is 1. The number of carbonyl (C=O) groups is 1. The number of hydrogen-bond acceptors (Lipinski definition) is 3. The van der Waals surface area contributed by atoms with Crippen molar-refractivity contribution in [2.75, 3.05) is 0 Å².